The summed E-state index contributed by atoms with van der Waals surface area (Å²) < 4.78 is 25.9. The largest absolute Gasteiger partial charge is 0.497 e. The summed E-state index contributed by atoms with van der Waals surface area (Å²) in [4.78, 5) is 28.3. The number of halogens is 1. The second-order valence-electron chi connectivity index (χ2n) is 7.69. The Morgan fingerprint density at radius 3 is 2.44 bits per heavy atom. The lowest BCUT2D eigenvalue weighted by Gasteiger charge is -2.25. The fraction of sp³-hybridized carbons (Fsp3) is 0.154. The molecule has 3 aromatic carbocycles. The average molecular weight is 429 g/mol. The van der Waals surface area contributed by atoms with E-state index in [1.54, 1.807) is 49.6 Å². The number of nitrogens with zero attached hydrogens (tertiary/aromatic N) is 1. The van der Waals surface area contributed by atoms with E-state index in [-0.39, 0.29) is 22.3 Å². The Morgan fingerprint density at radius 1 is 0.969 bits per heavy atom. The third-order valence-electron chi connectivity index (χ3n) is 5.87. The first-order chi connectivity index (χ1) is 15.6. The molecule has 5 rings (SSSR count). The molecule has 4 aromatic rings. The molecule has 0 aliphatic carbocycles. The molecule has 0 spiro atoms. The van der Waals surface area contributed by atoms with E-state index < -0.39 is 17.8 Å². The van der Waals surface area contributed by atoms with Crippen LogP contribution in [-0.4, -0.2) is 24.5 Å². The van der Waals surface area contributed by atoms with Crippen LogP contribution in [-0.2, 0) is 6.42 Å². The van der Waals surface area contributed by atoms with Crippen molar-refractivity contribution in [2.45, 2.75) is 12.5 Å². The molecule has 0 saturated heterocycles. The quantitative estimate of drug-likeness (QED) is 0.460. The molecule has 1 amide bonds. The number of ether oxygens (including phenoxy) is 1. The predicted octanol–water partition coefficient (Wildman–Crippen LogP) is 4.73. The van der Waals surface area contributed by atoms with Gasteiger partial charge in [0.1, 0.15) is 17.1 Å². The fourth-order valence-electron chi connectivity index (χ4n) is 4.26. The van der Waals surface area contributed by atoms with Gasteiger partial charge in [-0.05, 0) is 42.3 Å². The highest BCUT2D eigenvalue weighted by Crippen LogP contribution is 2.39. The lowest BCUT2D eigenvalue weighted by atomic mass is 9.98. The van der Waals surface area contributed by atoms with Gasteiger partial charge in [0.2, 0.25) is 5.76 Å². The number of carbonyl (C=O) groups is 1. The maximum atomic E-state index is 14.8. The Labute approximate surface area is 183 Å². The number of rotatable bonds is 5. The lowest BCUT2D eigenvalue weighted by Crippen LogP contribution is -2.32. The Hall–Kier alpha value is -3.93. The Balaban J connectivity index is 1.60. The molecule has 0 saturated carbocycles. The third kappa shape index (κ3) is 3.24. The van der Waals surface area contributed by atoms with Gasteiger partial charge in [-0.15, -0.1) is 0 Å². The Kier molecular flexibility index (Phi) is 4.98. The van der Waals surface area contributed by atoms with Gasteiger partial charge in [-0.25, -0.2) is 4.39 Å². The maximum Gasteiger partial charge on any atom is 0.290 e. The van der Waals surface area contributed by atoms with Crippen molar-refractivity contribution in [2.75, 3.05) is 13.7 Å². The number of para-hydroxylation sites is 1. The van der Waals surface area contributed by atoms with Gasteiger partial charge >= 0.3 is 0 Å². The summed E-state index contributed by atoms with van der Waals surface area (Å²) in [7, 11) is 1.60. The minimum atomic E-state index is -0.849. The molecule has 2 heterocycles. The Morgan fingerprint density at radius 2 is 1.69 bits per heavy atom. The highest BCUT2D eigenvalue weighted by atomic mass is 19.1. The van der Waals surface area contributed by atoms with E-state index >= 15 is 0 Å². The van der Waals surface area contributed by atoms with Crippen LogP contribution in [0.15, 0.2) is 82.0 Å². The maximum absolute atomic E-state index is 14.8. The van der Waals surface area contributed by atoms with Gasteiger partial charge in [-0.3, -0.25) is 9.59 Å². The van der Waals surface area contributed by atoms with Crippen molar-refractivity contribution in [3.05, 3.63) is 111 Å². The number of amides is 1. The molecule has 6 heteroatoms. The fourth-order valence-corrected chi connectivity index (χ4v) is 4.26. The van der Waals surface area contributed by atoms with Crippen molar-refractivity contribution in [1.29, 1.82) is 0 Å². The van der Waals surface area contributed by atoms with Crippen LogP contribution in [0.3, 0.4) is 0 Å². The molecule has 0 N–H and O–H groups in total. The average Bonchev–Trinajstić information content (AvgIpc) is 3.10. The molecule has 1 aromatic heterocycles. The first-order valence-electron chi connectivity index (χ1n) is 10.3. The van der Waals surface area contributed by atoms with Crippen molar-refractivity contribution in [1.82, 2.24) is 4.90 Å². The summed E-state index contributed by atoms with van der Waals surface area (Å²) >= 11 is 0. The molecule has 0 fully saturated rings. The molecular weight excluding hydrogens is 409 g/mol. The van der Waals surface area contributed by atoms with Crippen LogP contribution in [0.1, 0.15) is 33.3 Å². The van der Waals surface area contributed by atoms with Gasteiger partial charge in [0.25, 0.3) is 5.91 Å². The van der Waals surface area contributed by atoms with E-state index in [0.717, 1.165) is 11.3 Å². The van der Waals surface area contributed by atoms with Crippen LogP contribution < -0.4 is 10.2 Å². The summed E-state index contributed by atoms with van der Waals surface area (Å²) in [5, 5.41) is 0.373. The summed E-state index contributed by atoms with van der Waals surface area (Å²) in [6, 6.07) is 19.7. The molecule has 1 atom stereocenters. The minimum absolute atomic E-state index is 0.0170. The summed E-state index contributed by atoms with van der Waals surface area (Å²) in [6.07, 6.45) is 0.530. The van der Waals surface area contributed by atoms with E-state index in [0.29, 0.717) is 23.9 Å². The molecule has 1 unspecified atom stereocenters. The van der Waals surface area contributed by atoms with E-state index in [1.807, 2.05) is 24.3 Å². The monoisotopic (exact) mass is 429 g/mol. The zero-order valence-electron chi connectivity index (χ0n) is 17.4. The number of carbonyl (C=O) groups excluding carboxylic acids is 1. The zero-order valence-corrected chi connectivity index (χ0v) is 17.4. The zero-order chi connectivity index (χ0) is 22.2. The van der Waals surface area contributed by atoms with Crippen LogP contribution in [0.25, 0.3) is 11.0 Å². The van der Waals surface area contributed by atoms with Crippen molar-refractivity contribution in [2.24, 2.45) is 0 Å². The normalized spacial score (nSPS) is 15.2. The van der Waals surface area contributed by atoms with Gasteiger partial charge in [0.05, 0.1) is 24.1 Å². The number of hydrogen-bond donors (Lipinski definition) is 0. The van der Waals surface area contributed by atoms with Crippen molar-refractivity contribution in [3.63, 3.8) is 0 Å². The highest BCUT2D eigenvalue weighted by molar-refractivity contribution is 5.99. The minimum Gasteiger partial charge on any atom is -0.497 e. The van der Waals surface area contributed by atoms with Crippen LogP contribution >= 0.6 is 0 Å². The van der Waals surface area contributed by atoms with Crippen LogP contribution in [0.2, 0.25) is 0 Å². The smallest absolute Gasteiger partial charge is 0.290 e. The van der Waals surface area contributed by atoms with E-state index in [2.05, 4.69) is 0 Å². The van der Waals surface area contributed by atoms with E-state index in [4.69, 9.17) is 9.15 Å². The van der Waals surface area contributed by atoms with E-state index in [9.17, 15) is 14.0 Å². The topological polar surface area (TPSA) is 59.8 Å². The first-order valence-corrected chi connectivity index (χ1v) is 10.3. The number of methoxy groups -OCH3 is 1. The number of hydrogen-bond acceptors (Lipinski definition) is 4. The highest BCUT2D eigenvalue weighted by Gasteiger charge is 2.43. The SMILES string of the molecule is COc1ccc(CCN2C(=O)c3oc4ccccc4c(=O)c3C2c2ccccc2F)cc1. The van der Waals surface area contributed by atoms with E-state index in [1.165, 1.54) is 11.0 Å². The first kappa shape index (κ1) is 20.0. The molecule has 32 heavy (non-hydrogen) atoms. The van der Waals surface area contributed by atoms with Gasteiger partial charge in [0, 0.05) is 12.1 Å². The van der Waals surface area contributed by atoms with Crippen molar-refractivity contribution < 1.29 is 18.3 Å². The molecule has 1 aliphatic rings. The Bertz CT molecular complexity index is 1380. The van der Waals surface area contributed by atoms with Gasteiger partial charge in [-0.2, -0.15) is 0 Å². The molecular formula is C26H20FNO4. The second-order valence-corrected chi connectivity index (χ2v) is 7.69. The van der Waals surface area contributed by atoms with Gasteiger partial charge in [-0.1, -0.05) is 42.5 Å². The molecule has 0 bridgehead atoms. The van der Waals surface area contributed by atoms with Gasteiger partial charge in [0.15, 0.2) is 5.43 Å². The molecule has 0 radical (unpaired) electrons. The van der Waals surface area contributed by atoms with Gasteiger partial charge < -0.3 is 14.1 Å². The second kappa shape index (κ2) is 7.96. The molecule has 160 valence electrons. The predicted molar refractivity (Wildman–Crippen MR) is 118 cm³/mol. The van der Waals surface area contributed by atoms with Crippen LogP contribution in [0.4, 0.5) is 4.39 Å². The van der Waals surface area contributed by atoms with Crippen molar-refractivity contribution >= 4 is 16.9 Å². The number of benzene rings is 3. The summed E-state index contributed by atoms with van der Waals surface area (Å²) in [5.74, 6) is -0.161. The summed E-state index contributed by atoms with van der Waals surface area (Å²) in [5.41, 5.74) is 1.49. The number of fused-ring (bicyclic) bond motifs is 2. The van der Waals surface area contributed by atoms with Crippen LogP contribution in [0, 0.1) is 5.82 Å². The lowest BCUT2D eigenvalue weighted by molar-refractivity contribution is 0.0728. The standard InChI is InChI=1S/C26H20FNO4/c1-31-17-12-10-16(11-13-17)14-15-28-23(18-6-2-4-8-20(18)27)22-24(29)19-7-3-5-9-21(19)32-25(22)26(28)30/h2-13,23H,14-15H2,1H3. The van der Waals surface area contributed by atoms with Crippen molar-refractivity contribution in [3.8, 4) is 5.75 Å². The van der Waals surface area contributed by atoms with Crippen LogP contribution in [0.5, 0.6) is 5.75 Å². The molecule has 5 nitrogen and oxygen atoms in total. The molecule has 1 aliphatic heterocycles. The third-order valence-corrected chi connectivity index (χ3v) is 5.87. The summed E-state index contributed by atoms with van der Waals surface area (Å²) in [6.45, 7) is 0.296.